The second-order valence-corrected chi connectivity index (χ2v) is 2.02. The molecule has 0 fully saturated rings. The molecular formula is C6H12N2O3. The van der Waals surface area contributed by atoms with E-state index in [2.05, 4.69) is 5.32 Å². The van der Waals surface area contributed by atoms with Crippen molar-refractivity contribution in [1.29, 1.82) is 0 Å². The first-order valence-electron chi connectivity index (χ1n) is 3.34. The summed E-state index contributed by atoms with van der Waals surface area (Å²) in [6.07, 6.45) is -1.15. The van der Waals surface area contributed by atoms with Crippen molar-refractivity contribution in [3.8, 4) is 0 Å². The molecule has 64 valence electrons. The SMILES string of the molecule is CCNC(=O)NC(=O)C(C)O. The van der Waals surface area contributed by atoms with Gasteiger partial charge in [-0.05, 0) is 13.8 Å². The molecule has 0 aromatic carbocycles. The highest BCUT2D eigenvalue weighted by molar-refractivity contribution is 5.96. The van der Waals surface area contributed by atoms with Crippen LogP contribution >= 0.6 is 0 Å². The highest BCUT2D eigenvalue weighted by atomic mass is 16.3. The lowest BCUT2D eigenvalue weighted by Crippen LogP contribution is -2.43. The molecule has 0 aromatic heterocycles. The van der Waals surface area contributed by atoms with E-state index in [4.69, 9.17) is 5.11 Å². The Morgan fingerprint density at radius 1 is 1.55 bits per heavy atom. The molecule has 5 nitrogen and oxygen atoms in total. The van der Waals surface area contributed by atoms with Crippen molar-refractivity contribution < 1.29 is 14.7 Å². The average Bonchev–Trinajstić information content (AvgIpc) is 1.87. The number of imide groups is 1. The molecule has 1 atom stereocenters. The van der Waals surface area contributed by atoms with E-state index in [1.807, 2.05) is 5.32 Å². The van der Waals surface area contributed by atoms with E-state index in [9.17, 15) is 9.59 Å². The highest BCUT2D eigenvalue weighted by Gasteiger charge is 2.10. The molecule has 0 saturated heterocycles. The first-order chi connectivity index (χ1) is 5.07. The quantitative estimate of drug-likeness (QED) is 0.495. The molecule has 3 amide bonds. The number of rotatable bonds is 2. The Morgan fingerprint density at radius 3 is 2.45 bits per heavy atom. The van der Waals surface area contributed by atoms with Gasteiger partial charge in [0.15, 0.2) is 0 Å². The summed E-state index contributed by atoms with van der Waals surface area (Å²) in [5.41, 5.74) is 0. The Bertz CT molecular complexity index is 156. The summed E-state index contributed by atoms with van der Waals surface area (Å²) in [4.78, 5) is 21.2. The summed E-state index contributed by atoms with van der Waals surface area (Å²) in [6, 6.07) is -0.585. The summed E-state index contributed by atoms with van der Waals surface area (Å²) >= 11 is 0. The average molecular weight is 160 g/mol. The van der Waals surface area contributed by atoms with E-state index in [-0.39, 0.29) is 0 Å². The lowest BCUT2D eigenvalue weighted by Gasteiger charge is -2.05. The van der Waals surface area contributed by atoms with Gasteiger partial charge in [0.05, 0.1) is 0 Å². The first-order valence-corrected chi connectivity index (χ1v) is 3.34. The third-order valence-corrected chi connectivity index (χ3v) is 0.954. The fourth-order valence-corrected chi connectivity index (χ4v) is 0.421. The molecule has 0 rings (SSSR count). The number of carbonyl (C=O) groups excluding carboxylic acids is 2. The Labute approximate surface area is 64.8 Å². The molecule has 0 bridgehead atoms. The Hall–Kier alpha value is -1.10. The van der Waals surface area contributed by atoms with Crippen LogP contribution in [0.4, 0.5) is 4.79 Å². The smallest absolute Gasteiger partial charge is 0.321 e. The molecular weight excluding hydrogens is 148 g/mol. The lowest BCUT2D eigenvalue weighted by atomic mass is 10.4. The van der Waals surface area contributed by atoms with E-state index in [1.54, 1.807) is 6.92 Å². The second kappa shape index (κ2) is 4.68. The summed E-state index contributed by atoms with van der Waals surface area (Å²) in [6.45, 7) is 3.46. The van der Waals surface area contributed by atoms with Gasteiger partial charge in [-0.1, -0.05) is 0 Å². The van der Waals surface area contributed by atoms with Crippen LogP contribution in [0.25, 0.3) is 0 Å². The van der Waals surface area contributed by atoms with Gasteiger partial charge < -0.3 is 10.4 Å². The topological polar surface area (TPSA) is 78.4 Å². The zero-order chi connectivity index (χ0) is 8.85. The zero-order valence-corrected chi connectivity index (χ0v) is 6.55. The summed E-state index contributed by atoms with van der Waals surface area (Å²) in [5.74, 6) is -0.698. The fraction of sp³-hybridized carbons (Fsp3) is 0.667. The van der Waals surface area contributed by atoms with Crippen LogP contribution in [0.1, 0.15) is 13.8 Å². The summed E-state index contributed by atoms with van der Waals surface area (Å²) in [5, 5.41) is 12.9. The van der Waals surface area contributed by atoms with Crippen molar-refractivity contribution in [3.63, 3.8) is 0 Å². The minimum Gasteiger partial charge on any atom is -0.384 e. The predicted molar refractivity (Wildman–Crippen MR) is 38.9 cm³/mol. The van der Waals surface area contributed by atoms with Crippen molar-refractivity contribution in [2.45, 2.75) is 20.0 Å². The maximum Gasteiger partial charge on any atom is 0.321 e. The number of amides is 3. The number of hydrogen-bond donors (Lipinski definition) is 3. The van der Waals surface area contributed by atoms with Crippen LogP contribution in [-0.4, -0.2) is 29.7 Å². The van der Waals surface area contributed by atoms with Gasteiger partial charge in [-0.3, -0.25) is 10.1 Å². The number of nitrogens with one attached hydrogen (secondary N) is 2. The molecule has 3 N–H and O–H groups in total. The normalized spacial score (nSPS) is 11.9. The zero-order valence-electron chi connectivity index (χ0n) is 6.55. The molecule has 0 aliphatic heterocycles. The van der Waals surface area contributed by atoms with E-state index in [0.717, 1.165) is 0 Å². The van der Waals surface area contributed by atoms with Crippen LogP contribution in [0.2, 0.25) is 0 Å². The molecule has 1 unspecified atom stereocenters. The minimum atomic E-state index is -1.15. The summed E-state index contributed by atoms with van der Waals surface area (Å²) < 4.78 is 0. The number of carbonyl (C=O) groups is 2. The third-order valence-electron chi connectivity index (χ3n) is 0.954. The number of aliphatic hydroxyl groups excluding tert-OH is 1. The van der Waals surface area contributed by atoms with Crippen LogP contribution in [0.3, 0.4) is 0 Å². The van der Waals surface area contributed by atoms with Crippen molar-refractivity contribution in [1.82, 2.24) is 10.6 Å². The number of hydrogen-bond acceptors (Lipinski definition) is 3. The van der Waals surface area contributed by atoms with Gasteiger partial charge in [-0.15, -0.1) is 0 Å². The number of aliphatic hydroxyl groups is 1. The van der Waals surface area contributed by atoms with Crippen LogP contribution in [0.15, 0.2) is 0 Å². The molecule has 0 aromatic rings. The molecule has 0 aliphatic rings. The Morgan fingerprint density at radius 2 is 2.09 bits per heavy atom. The van der Waals surface area contributed by atoms with Crippen LogP contribution < -0.4 is 10.6 Å². The van der Waals surface area contributed by atoms with E-state index in [0.29, 0.717) is 6.54 Å². The second-order valence-electron chi connectivity index (χ2n) is 2.02. The molecule has 0 radical (unpaired) electrons. The van der Waals surface area contributed by atoms with Crippen LogP contribution in [0.5, 0.6) is 0 Å². The largest absolute Gasteiger partial charge is 0.384 e. The molecule has 5 heteroatoms. The van der Waals surface area contributed by atoms with Crippen molar-refractivity contribution in [2.24, 2.45) is 0 Å². The van der Waals surface area contributed by atoms with Gasteiger partial charge in [0.25, 0.3) is 5.91 Å². The van der Waals surface area contributed by atoms with E-state index >= 15 is 0 Å². The summed E-state index contributed by atoms with van der Waals surface area (Å²) in [7, 11) is 0. The lowest BCUT2D eigenvalue weighted by molar-refractivity contribution is -0.127. The van der Waals surface area contributed by atoms with E-state index < -0.39 is 18.0 Å². The molecule has 0 saturated carbocycles. The standard InChI is InChI=1S/C6H12N2O3/c1-3-7-6(11)8-5(10)4(2)9/h4,9H,3H2,1-2H3,(H2,7,8,10,11). The number of urea groups is 1. The van der Waals surface area contributed by atoms with Crippen molar-refractivity contribution >= 4 is 11.9 Å². The fourth-order valence-electron chi connectivity index (χ4n) is 0.421. The highest BCUT2D eigenvalue weighted by Crippen LogP contribution is 1.77. The van der Waals surface area contributed by atoms with Gasteiger partial charge in [-0.25, -0.2) is 4.79 Å². The maximum atomic E-state index is 10.6. The third kappa shape index (κ3) is 4.32. The maximum absolute atomic E-state index is 10.6. The van der Waals surface area contributed by atoms with Gasteiger partial charge >= 0.3 is 6.03 Å². The van der Waals surface area contributed by atoms with Crippen LogP contribution in [-0.2, 0) is 4.79 Å². The van der Waals surface area contributed by atoms with Crippen LogP contribution in [0, 0.1) is 0 Å². The van der Waals surface area contributed by atoms with Gasteiger partial charge in [-0.2, -0.15) is 0 Å². The molecule has 0 aliphatic carbocycles. The van der Waals surface area contributed by atoms with Gasteiger partial charge in [0, 0.05) is 6.54 Å². The molecule has 0 spiro atoms. The van der Waals surface area contributed by atoms with E-state index in [1.165, 1.54) is 6.92 Å². The Balaban J connectivity index is 3.67. The predicted octanol–water partition coefficient (Wildman–Crippen LogP) is -0.787. The minimum absolute atomic E-state index is 0.443. The van der Waals surface area contributed by atoms with Crippen molar-refractivity contribution in [2.75, 3.05) is 6.54 Å². The van der Waals surface area contributed by atoms with Gasteiger partial charge in [0.1, 0.15) is 6.10 Å². The Kier molecular flexibility index (Phi) is 4.21. The first kappa shape index (κ1) is 9.90. The van der Waals surface area contributed by atoms with Crippen molar-refractivity contribution in [3.05, 3.63) is 0 Å². The molecule has 0 heterocycles. The monoisotopic (exact) mass is 160 g/mol. The molecule has 11 heavy (non-hydrogen) atoms. The van der Waals surface area contributed by atoms with Gasteiger partial charge in [0.2, 0.25) is 0 Å².